The largest absolute Gasteiger partial charge is 0.493 e. The molecule has 0 N–H and O–H groups in total. The van der Waals surface area contributed by atoms with Gasteiger partial charge in [-0.1, -0.05) is 17.4 Å². The van der Waals surface area contributed by atoms with Crippen molar-refractivity contribution >= 4 is 22.4 Å². The van der Waals surface area contributed by atoms with Crippen LogP contribution in [0.2, 0.25) is 0 Å². The number of nitrogens with zero attached hydrogens (tertiary/aromatic N) is 4. The Morgan fingerprint density at radius 3 is 2.62 bits per heavy atom. The van der Waals surface area contributed by atoms with Gasteiger partial charge in [0.25, 0.3) is 0 Å². The molecule has 0 saturated carbocycles. The summed E-state index contributed by atoms with van der Waals surface area (Å²) >= 11 is 1.34. The van der Waals surface area contributed by atoms with Gasteiger partial charge in [-0.2, -0.15) is 0 Å². The molecule has 0 fully saturated rings. The Bertz CT molecular complexity index is 949. The van der Waals surface area contributed by atoms with Crippen LogP contribution in [0.25, 0.3) is 10.6 Å². The summed E-state index contributed by atoms with van der Waals surface area (Å²) in [6.45, 7) is 0.768. The van der Waals surface area contributed by atoms with E-state index in [0.717, 1.165) is 11.1 Å². The summed E-state index contributed by atoms with van der Waals surface area (Å²) in [5.41, 5.74) is 1.67. The number of hydrogen-bond acceptors (Lipinski definition) is 8. The highest BCUT2D eigenvalue weighted by Gasteiger charge is 2.21. The van der Waals surface area contributed by atoms with E-state index in [1.165, 1.54) is 11.3 Å². The SMILES string of the molecule is COCCN(C(=O)Cc1ccc(OC)c(OC)c1)c1nnc(-c2cccnc2)s1. The number of carbonyl (C=O) groups excluding carboxylic acids is 1. The predicted octanol–water partition coefficient (Wildman–Crippen LogP) is 2.84. The molecule has 0 aliphatic rings. The zero-order valence-electron chi connectivity index (χ0n) is 16.5. The number of hydrogen-bond donors (Lipinski definition) is 0. The van der Waals surface area contributed by atoms with Crippen LogP contribution in [-0.2, 0) is 16.0 Å². The van der Waals surface area contributed by atoms with E-state index in [2.05, 4.69) is 15.2 Å². The molecule has 8 nitrogen and oxygen atoms in total. The normalized spacial score (nSPS) is 10.6. The van der Waals surface area contributed by atoms with E-state index < -0.39 is 0 Å². The predicted molar refractivity (Wildman–Crippen MR) is 111 cm³/mol. The summed E-state index contributed by atoms with van der Waals surface area (Å²) in [7, 11) is 4.73. The fourth-order valence-electron chi connectivity index (χ4n) is 2.70. The van der Waals surface area contributed by atoms with Crippen molar-refractivity contribution in [3.8, 4) is 22.1 Å². The number of pyridine rings is 1. The molecule has 0 atom stereocenters. The first-order valence-corrected chi connectivity index (χ1v) is 9.72. The van der Waals surface area contributed by atoms with Crippen LogP contribution in [0.4, 0.5) is 5.13 Å². The molecule has 0 bridgehead atoms. The minimum atomic E-state index is -0.108. The van der Waals surface area contributed by atoms with E-state index >= 15 is 0 Å². The van der Waals surface area contributed by atoms with Crippen LogP contribution in [0.15, 0.2) is 42.7 Å². The van der Waals surface area contributed by atoms with Gasteiger partial charge in [-0.05, 0) is 29.8 Å². The molecule has 0 spiro atoms. The minimum Gasteiger partial charge on any atom is -0.493 e. The Hall–Kier alpha value is -3.04. The molecular weight excluding hydrogens is 392 g/mol. The van der Waals surface area contributed by atoms with Crippen LogP contribution in [0.1, 0.15) is 5.56 Å². The number of benzene rings is 1. The van der Waals surface area contributed by atoms with Gasteiger partial charge in [-0.25, -0.2) is 0 Å². The van der Waals surface area contributed by atoms with Gasteiger partial charge in [0.2, 0.25) is 11.0 Å². The van der Waals surface area contributed by atoms with E-state index in [4.69, 9.17) is 14.2 Å². The lowest BCUT2D eigenvalue weighted by Crippen LogP contribution is -2.35. The Morgan fingerprint density at radius 2 is 1.93 bits per heavy atom. The van der Waals surface area contributed by atoms with Crippen LogP contribution < -0.4 is 14.4 Å². The van der Waals surface area contributed by atoms with Crippen molar-refractivity contribution in [3.05, 3.63) is 48.3 Å². The molecule has 0 radical (unpaired) electrons. The summed E-state index contributed by atoms with van der Waals surface area (Å²) < 4.78 is 15.7. The summed E-state index contributed by atoms with van der Waals surface area (Å²) in [6.07, 6.45) is 3.60. The highest BCUT2D eigenvalue weighted by Crippen LogP contribution is 2.30. The van der Waals surface area contributed by atoms with Crippen molar-refractivity contribution in [1.29, 1.82) is 0 Å². The van der Waals surface area contributed by atoms with Crippen molar-refractivity contribution in [2.24, 2.45) is 0 Å². The van der Waals surface area contributed by atoms with Crippen LogP contribution in [0.3, 0.4) is 0 Å². The third kappa shape index (κ3) is 5.07. The Morgan fingerprint density at radius 1 is 1.10 bits per heavy atom. The number of rotatable bonds is 9. The second-order valence-corrected chi connectivity index (χ2v) is 6.99. The number of ether oxygens (including phenoxy) is 3. The monoisotopic (exact) mass is 414 g/mol. The van der Waals surface area contributed by atoms with Crippen molar-refractivity contribution < 1.29 is 19.0 Å². The molecule has 0 unspecified atom stereocenters. The second kappa shape index (κ2) is 9.94. The quantitative estimate of drug-likeness (QED) is 0.532. The fourth-order valence-corrected chi connectivity index (χ4v) is 3.58. The highest BCUT2D eigenvalue weighted by molar-refractivity contribution is 7.18. The van der Waals surface area contributed by atoms with Gasteiger partial charge in [0, 0.05) is 25.1 Å². The minimum absolute atomic E-state index is 0.108. The van der Waals surface area contributed by atoms with Crippen LogP contribution in [0, 0.1) is 0 Å². The first kappa shape index (κ1) is 20.7. The molecule has 0 aliphatic carbocycles. The molecule has 9 heteroatoms. The molecular formula is C20H22N4O4S. The maximum absolute atomic E-state index is 13.0. The van der Waals surface area contributed by atoms with Crippen molar-refractivity contribution in [2.75, 3.05) is 39.4 Å². The van der Waals surface area contributed by atoms with Gasteiger partial charge in [-0.3, -0.25) is 14.7 Å². The molecule has 152 valence electrons. The third-order valence-electron chi connectivity index (χ3n) is 4.18. The maximum atomic E-state index is 13.0. The standard InChI is InChI=1S/C20H22N4O4S/c1-26-10-9-24(20-23-22-19(29-20)15-5-4-8-21-13-15)18(25)12-14-6-7-16(27-2)17(11-14)28-3/h4-8,11,13H,9-10,12H2,1-3H3. The van der Waals surface area contributed by atoms with Crippen LogP contribution in [0.5, 0.6) is 11.5 Å². The van der Waals surface area contributed by atoms with E-state index in [1.807, 2.05) is 18.2 Å². The number of methoxy groups -OCH3 is 3. The van der Waals surface area contributed by atoms with Gasteiger partial charge in [0.15, 0.2) is 16.5 Å². The van der Waals surface area contributed by atoms with Gasteiger partial charge in [-0.15, -0.1) is 10.2 Å². The molecule has 0 saturated heterocycles. The first-order valence-electron chi connectivity index (χ1n) is 8.90. The summed E-state index contributed by atoms with van der Waals surface area (Å²) in [5.74, 6) is 1.09. The van der Waals surface area contributed by atoms with Crippen molar-refractivity contribution in [1.82, 2.24) is 15.2 Å². The number of amides is 1. The molecule has 3 rings (SSSR count). The summed E-state index contributed by atoms with van der Waals surface area (Å²) in [4.78, 5) is 18.7. The number of carbonyl (C=O) groups is 1. The third-order valence-corrected chi connectivity index (χ3v) is 5.17. The Balaban J connectivity index is 1.81. The lowest BCUT2D eigenvalue weighted by Gasteiger charge is -2.19. The summed E-state index contributed by atoms with van der Waals surface area (Å²) in [6, 6.07) is 9.16. The zero-order valence-corrected chi connectivity index (χ0v) is 17.3. The van der Waals surface area contributed by atoms with Gasteiger partial charge in [0.05, 0.1) is 33.8 Å². The van der Waals surface area contributed by atoms with Crippen molar-refractivity contribution in [3.63, 3.8) is 0 Å². The van der Waals surface area contributed by atoms with E-state index in [1.54, 1.807) is 50.8 Å². The van der Waals surface area contributed by atoms with E-state index in [9.17, 15) is 4.79 Å². The smallest absolute Gasteiger partial charge is 0.233 e. The molecule has 3 aromatic rings. The molecule has 2 heterocycles. The fraction of sp³-hybridized carbons (Fsp3) is 0.300. The lowest BCUT2D eigenvalue weighted by atomic mass is 10.1. The number of aromatic nitrogens is 3. The Kier molecular flexibility index (Phi) is 7.09. The van der Waals surface area contributed by atoms with E-state index in [0.29, 0.717) is 34.8 Å². The first-order chi connectivity index (χ1) is 14.2. The van der Waals surface area contributed by atoms with Crippen LogP contribution >= 0.6 is 11.3 Å². The second-order valence-electron chi connectivity index (χ2n) is 6.04. The molecule has 29 heavy (non-hydrogen) atoms. The molecule has 1 amide bonds. The van der Waals surface area contributed by atoms with Gasteiger partial charge >= 0.3 is 0 Å². The summed E-state index contributed by atoms with van der Waals surface area (Å²) in [5, 5.41) is 9.65. The van der Waals surface area contributed by atoms with E-state index in [-0.39, 0.29) is 12.3 Å². The zero-order chi connectivity index (χ0) is 20.6. The topological polar surface area (TPSA) is 86.7 Å². The average Bonchev–Trinajstić information content (AvgIpc) is 3.24. The number of anilines is 1. The lowest BCUT2D eigenvalue weighted by molar-refractivity contribution is -0.118. The highest BCUT2D eigenvalue weighted by atomic mass is 32.1. The average molecular weight is 414 g/mol. The molecule has 2 aromatic heterocycles. The molecule has 1 aromatic carbocycles. The molecule has 0 aliphatic heterocycles. The maximum Gasteiger partial charge on any atom is 0.233 e. The van der Waals surface area contributed by atoms with Gasteiger partial charge in [0.1, 0.15) is 0 Å². The van der Waals surface area contributed by atoms with Gasteiger partial charge < -0.3 is 14.2 Å². The van der Waals surface area contributed by atoms with Crippen LogP contribution in [-0.4, -0.2) is 55.6 Å². The van der Waals surface area contributed by atoms with Crippen molar-refractivity contribution in [2.45, 2.75) is 6.42 Å². The Labute approximate surface area is 173 Å².